The maximum atomic E-state index is 13.2. The molecule has 3 N–H and O–H groups in total. The van der Waals surface area contributed by atoms with E-state index in [0.29, 0.717) is 0 Å². The Hall–Kier alpha value is -2.84. The van der Waals surface area contributed by atoms with E-state index in [9.17, 15) is 9.90 Å². The Labute approximate surface area is 252 Å². The van der Waals surface area contributed by atoms with E-state index in [1.54, 1.807) is 11.8 Å². The Kier molecular flexibility index (Phi) is 8.01. The van der Waals surface area contributed by atoms with Crippen molar-refractivity contribution in [1.29, 1.82) is 0 Å². The average Bonchev–Trinajstić information content (AvgIpc) is 2.99. The number of hydrogen-bond acceptors (Lipinski definition) is 5. The Morgan fingerprint density at radius 1 is 0.833 bits per heavy atom. The number of hydrogen-bond donors (Lipinski definition) is 3. The van der Waals surface area contributed by atoms with Gasteiger partial charge in [-0.1, -0.05) is 54.6 Å². The zero-order chi connectivity index (χ0) is 28.5. The number of anilines is 1. The number of aliphatic hydroxyl groups excluding tert-OH is 1. The summed E-state index contributed by atoms with van der Waals surface area (Å²) in [5.41, 5.74) is 3.54. The van der Waals surface area contributed by atoms with Crippen LogP contribution in [0.25, 0.3) is 0 Å². The largest absolute Gasteiger partial charge is 0.392 e. The molecule has 0 spiro atoms. The summed E-state index contributed by atoms with van der Waals surface area (Å²) in [6.45, 7) is 0.0180. The molecule has 1 saturated heterocycles. The SMILES string of the molecule is O=C(Nc1cccc([C@@H]2O[C@H](CSc3ccccc3)C[C@H](c3ccc(CO)cc3)O2)c1)NC12CC3CC(CC(C3)C1)C2. The summed E-state index contributed by atoms with van der Waals surface area (Å²) in [5, 5.41) is 16.0. The molecule has 2 amide bonds. The zero-order valence-electron chi connectivity index (χ0n) is 23.9. The van der Waals surface area contributed by atoms with Crippen molar-refractivity contribution in [3.8, 4) is 0 Å². The summed E-state index contributed by atoms with van der Waals surface area (Å²) in [6, 6.07) is 26.1. The number of benzene rings is 3. The van der Waals surface area contributed by atoms with E-state index in [1.165, 1.54) is 24.2 Å². The van der Waals surface area contributed by atoms with Gasteiger partial charge in [0.1, 0.15) is 0 Å². The molecule has 7 heteroatoms. The standard InChI is InChI=1S/C35H40N2O4S/c38-21-23-9-11-27(12-10-23)32-17-30(22-42-31-7-2-1-3-8-31)40-33(41-32)28-5-4-6-29(16-28)36-34(39)37-35-18-24-13-25(19-35)15-26(14-24)20-35/h1-12,16,24-26,30,32-33,38H,13-15,17-22H2,(H2,36,37,39)/t24?,25?,26?,30-,32+,33+,35?/m0/s1. The van der Waals surface area contributed by atoms with Gasteiger partial charge >= 0.3 is 6.03 Å². The molecule has 0 aromatic heterocycles. The van der Waals surface area contributed by atoms with E-state index >= 15 is 0 Å². The van der Waals surface area contributed by atoms with Crippen LogP contribution in [0.5, 0.6) is 0 Å². The van der Waals surface area contributed by atoms with Gasteiger partial charge in [-0.2, -0.15) is 0 Å². The van der Waals surface area contributed by atoms with E-state index in [2.05, 4.69) is 34.9 Å². The van der Waals surface area contributed by atoms with Gasteiger partial charge in [-0.3, -0.25) is 0 Å². The molecule has 3 atom stereocenters. The van der Waals surface area contributed by atoms with E-state index in [0.717, 1.165) is 71.6 Å². The fraction of sp³-hybridized carbons (Fsp3) is 0.457. The molecular formula is C35H40N2O4S. The average molecular weight is 585 g/mol. The van der Waals surface area contributed by atoms with Gasteiger partial charge in [0.2, 0.25) is 0 Å². The van der Waals surface area contributed by atoms with Crippen molar-refractivity contribution in [2.45, 2.75) is 80.5 Å². The van der Waals surface area contributed by atoms with E-state index in [4.69, 9.17) is 9.47 Å². The Balaban J connectivity index is 1.05. The maximum absolute atomic E-state index is 13.2. The molecule has 6 nitrogen and oxygen atoms in total. The van der Waals surface area contributed by atoms with E-state index in [1.807, 2.05) is 54.6 Å². The molecule has 220 valence electrons. The molecule has 1 heterocycles. The van der Waals surface area contributed by atoms with Gasteiger partial charge in [0.25, 0.3) is 0 Å². The Morgan fingerprint density at radius 3 is 2.24 bits per heavy atom. The van der Waals surface area contributed by atoms with Crippen LogP contribution in [-0.4, -0.2) is 28.5 Å². The summed E-state index contributed by atoms with van der Waals surface area (Å²) < 4.78 is 13.1. The third-order valence-electron chi connectivity index (χ3n) is 9.63. The number of carbonyl (C=O) groups is 1. The maximum Gasteiger partial charge on any atom is 0.319 e. The van der Waals surface area contributed by atoms with Crippen LogP contribution >= 0.6 is 11.8 Å². The van der Waals surface area contributed by atoms with Gasteiger partial charge in [0.15, 0.2) is 6.29 Å². The summed E-state index contributed by atoms with van der Waals surface area (Å²) in [7, 11) is 0. The van der Waals surface area contributed by atoms with Crippen LogP contribution in [0.3, 0.4) is 0 Å². The van der Waals surface area contributed by atoms with Gasteiger partial charge in [-0.05, 0) is 91.7 Å². The smallest absolute Gasteiger partial charge is 0.319 e. The van der Waals surface area contributed by atoms with Crippen LogP contribution in [0, 0.1) is 17.8 Å². The highest BCUT2D eigenvalue weighted by Crippen LogP contribution is 2.55. The number of ether oxygens (including phenoxy) is 2. The summed E-state index contributed by atoms with van der Waals surface area (Å²) in [5.74, 6) is 3.14. The molecule has 42 heavy (non-hydrogen) atoms. The lowest BCUT2D eigenvalue weighted by molar-refractivity contribution is -0.245. The number of thioether (sulfide) groups is 1. The van der Waals surface area contributed by atoms with Crippen molar-refractivity contribution < 1.29 is 19.4 Å². The fourth-order valence-corrected chi connectivity index (χ4v) is 9.10. The molecule has 3 aromatic carbocycles. The molecule has 3 aromatic rings. The van der Waals surface area contributed by atoms with Crippen LogP contribution in [0.2, 0.25) is 0 Å². The lowest BCUT2D eigenvalue weighted by Crippen LogP contribution is -2.60. The zero-order valence-corrected chi connectivity index (χ0v) is 24.7. The van der Waals surface area contributed by atoms with Crippen LogP contribution in [0.4, 0.5) is 10.5 Å². The first-order chi connectivity index (χ1) is 20.5. The Bertz CT molecular complexity index is 1350. The molecule has 4 saturated carbocycles. The minimum absolute atomic E-state index is 0.0180. The lowest BCUT2D eigenvalue weighted by atomic mass is 9.53. The quantitative estimate of drug-likeness (QED) is 0.238. The second-order valence-electron chi connectivity index (χ2n) is 12.9. The molecule has 0 unspecified atom stereocenters. The predicted molar refractivity (Wildman–Crippen MR) is 165 cm³/mol. The van der Waals surface area contributed by atoms with Gasteiger partial charge in [0, 0.05) is 33.9 Å². The second-order valence-corrected chi connectivity index (χ2v) is 14.0. The predicted octanol–water partition coefficient (Wildman–Crippen LogP) is 7.61. The second kappa shape index (κ2) is 12.0. The van der Waals surface area contributed by atoms with Crippen molar-refractivity contribution in [2.24, 2.45) is 17.8 Å². The van der Waals surface area contributed by atoms with Crippen LogP contribution in [-0.2, 0) is 16.1 Å². The highest BCUT2D eigenvalue weighted by Gasteiger charge is 2.51. The molecule has 0 radical (unpaired) electrons. The van der Waals surface area contributed by atoms with E-state index in [-0.39, 0.29) is 30.4 Å². The topological polar surface area (TPSA) is 79.8 Å². The lowest BCUT2D eigenvalue weighted by Gasteiger charge is -2.56. The number of amides is 2. The monoisotopic (exact) mass is 584 g/mol. The van der Waals surface area contributed by atoms with Gasteiger partial charge in [0.05, 0.1) is 18.8 Å². The van der Waals surface area contributed by atoms with Crippen molar-refractivity contribution >= 4 is 23.5 Å². The Morgan fingerprint density at radius 2 is 1.55 bits per heavy atom. The summed E-state index contributed by atoms with van der Waals surface area (Å²) >= 11 is 1.79. The first-order valence-electron chi connectivity index (χ1n) is 15.4. The number of rotatable bonds is 8. The van der Waals surface area contributed by atoms with Gasteiger partial charge in [-0.15, -0.1) is 11.8 Å². The summed E-state index contributed by atoms with van der Waals surface area (Å²) in [4.78, 5) is 14.5. The number of nitrogens with one attached hydrogen (secondary N) is 2. The molecule has 4 bridgehead atoms. The first-order valence-corrected chi connectivity index (χ1v) is 16.4. The molecule has 5 aliphatic rings. The first kappa shape index (κ1) is 28.0. The van der Waals surface area contributed by atoms with Crippen LogP contribution < -0.4 is 10.6 Å². The van der Waals surface area contributed by atoms with Crippen LogP contribution in [0.1, 0.15) is 74.0 Å². The van der Waals surface area contributed by atoms with Gasteiger partial charge < -0.3 is 25.2 Å². The molecule has 4 aliphatic carbocycles. The number of carbonyl (C=O) groups excluding carboxylic acids is 1. The van der Waals surface area contributed by atoms with Crippen molar-refractivity contribution in [3.63, 3.8) is 0 Å². The van der Waals surface area contributed by atoms with Crippen molar-refractivity contribution in [3.05, 3.63) is 95.6 Å². The third kappa shape index (κ3) is 6.25. The van der Waals surface area contributed by atoms with Crippen molar-refractivity contribution in [1.82, 2.24) is 5.32 Å². The highest BCUT2D eigenvalue weighted by atomic mass is 32.2. The van der Waals surface area contributed by atoms with Crippen LogP contribution in [0.15, 0.2) is 83.8 Å². The number of aliphatic hydroxyl groups is 1. The molecule has 5 fully saturated rings. The molecular weight excluding hydrogens is 544 g/mol. The van der Waals surface area contributed by atoms with Gasteiger partial charge in [-0.25, -0.2) is 4.79 Å². The normalized spacial score (nSPS) is 31.5. The molecule has 8 rings (SSSR count). The highest BCUT2D eigenvalue weighted by molar-refractivity contribution is 7.99. The number of urea groups is 1. The minimum atomic E-state index is -0.560. The third-order valence-corrected chi connectivity index (χ3v) is 10.8. The fourth-order valence-electron chi connectivity index (χ4n) is 8.16. The minimum Gasteiger partial charge on any atom is -0.392 e. The summed E-state index contributed by atoms with van der Waals surface area (Å²) in [6.07, 6.45) is 7.44. The van der Waals surface area contributed by atoms with E-state index < -0.39 is 6.29 Å². The molecule has 1 aliphatic heterocycles. The van der Waals surface area contributed by atoms with Crippen molar-refractivity contribution in [2.75, 3.05) is 11.1 Å².